The summed E-state index contributed by atoms with van der Waals surface area (Å²) in [5, 5.41) is 14.0. The van der Waals surface area contributed by atoms with Crippen LogP contribution in [-0.2, 0) is 17.1 Å². The number of nitriles is 1. The average molecular weight is 478 g/mol. The van der Waals surface area contributed by atoms with Crippen LogP contribution in [0.1, 0.15) is 48.2 Å². The first kappa shape index (κ1) is 26.4. The minimum atomic E-state index is -5.03. The molecular formula is C21H24F6N4O2. The number of alkyl halides is 6. The van der Waals surface area contributed by atoms with E-state index >= 15 is 0 Å². The van der Waals surface area contributed by atoms with Crippen molar-refractivity contribution in [2.45, 2.75) is 44.6 Å². The van der Waals surface area contributed by atoms with Gasteiger partial charge in [-0.3, -0.25) is 14.5 Å². The summed E-state index contributed by atoms with van der Waals surface area (Å²) in [5.41, 5.74) is -4.80. The third-order valence-electron chi connectivity index (χ3n) is 5.21. The minimum absolute atomic E-state index is 0.0274. The van der Waals surface area contributed by atoms with Crippen LogP contribution in [0.25, 0.3) is 0 Å². The smallest absolute Gasteiger partial charge is 0.352 e. The number of amides is 2. The predicted molar refractivity (Wildman–Crippen MR) is 106 cm³/mol. The van der Waals surface area contributed by atoms with E-state index in [4.69, 9.17) is 5.26 Å². The molecule has 6 nitrogen and oxygen atoms in total. The van der Waals surface area contributed by atoms with E-state index in [1.54, 1.807) is 13.8 Å². The topological polar surface area (TPSA) is 85.2 Å². The molecule has 1 fully saturated rings. The fourth-order valence-electron chi connectivity index (χ4n) is 3.39. The maximum atomic E-state index is 13.0. The van der Waals surface area contributed by atoms with E-state index in [2.05, 4.69) is 10.6 Å². The average Bonchev–Trinajstić information content (AvgIpc) is 2.71. The van der Waals surface area contributed by atoms with Gasteiger partial charge in [0.05, 0.1) is 23.7 Å². The van der Waals surface area contributed by atoms with Crippen molar-refractivity contribution in [1.82, 2.24) is 15.5 Å². The molecule has 1 aliphatic rings. The largest absolute Gasteiger partial charge is 0.416 e. The number of hydrogen-bond donors (Lipinski definition) is 2. The first-order chi connectivity index (χ1) is 15.1. The number of benzene rings is 1. The van der Waals surface area contributed by atoms with Crippen LogP contribution in [0.15, 0.2) is 18.2 Å². The van der Waals surface area contributed by atoms with Crippen LogP contribution in [0, 0.1) is 17.2 Å². The highest BCUT2D eigenvalue weighted by Gasteiger charge is 2.37. The summed E-state index contributed by atoms with van der Waals surface area (Å²) in [6.07, 6.45) is -8.91. The Labute approximate surface area is 186 Å². The van der Waals surface area contributed by atoms with Gasteiger partial charge < -0.3 is 10.6 Å². The minimum Gasteiger partial charge on any atom is -0.352 e. The van der Waals surface area contributed by atoms with Gasteiger partial charge in [-0.2, -0.15) is 31.6 Å². The molecule has 1 aliphatic heterocycles. The molecule has 0 spiro atoms. The number of carbonyl (C=O) groups is 2. The van der Waals surface area contributed by atoms with E-state index in [0.29, 0.717) is 38.1 Å². The Morgan fingerprint density at radius 2 is 1.55 bits per heavy atom. The first-order valence-corrected chi connectivity index (χ1v) is 10.1. The van der Waals surface area contributed by atoms with Gasteiger partial charge >= 0.3 is 12.4 Å². The third-order valence-corrected chi connectivity index (χ3v) is 5.21. The van der Waals surface area contributed by atoms with Crippen molar-refractivity contribution in [3.05, 3.63) is 34.9 Å². The lowest BCUT2D eigenvalue weighted by atomic mass is 9.96. The normalized spacial score (nSPS) is 16.2. The van der Waals surface area contributed by atoms with E-state index < -0.39 is 40.5 Å². The Hall–Kier alpha value is -2.81. The van der Waals surface area contributed by atoms with Crippen LogP contribution in [0.5, 0.6) is 0 Å². The molecule has 0 saturated carbocycles. The molecule has 0 bridgehead atoms. The predicted octanol–water partition coefficient (Wildman–Crippen LogP) is 3.58. The molecule has 33 heavy (non-hydrogen) atoms. The Balaban J connectivity index is 1.92. The van der Waals surface area contributed by atoms with Crippen molar-refractivity contribution in [3.63, 3.8) is 0 Å². The molecule has 182 valence electrons. The number of halogens is 6. The van der Waals surface area contributed by atoms with E-state index in [1.807, 2.05) is 11.0 Å². The van der Waals surface area contributed by atoms with E-state index in [9.17, 15) is 35.9 Å². The van der Waals surface area contributed by atoms with Crippen LogP contribution in [0.2, 0.25) is 0 Å². The summed E-state index contributed by atoms with van der Waals surface area (Å²) in [6, 6.07) is 2.73. The fraction of sp³-hybridized carbons (Fsp3) is 0.571. The lowest BCUT2D eigenvalue weighted by Crippen LogP contribution is -2.48. The fourth-order valence-corrected chi connectivity index (χ4v) is 3.39. The SMILES string of the molecule is CC(C)(C#N)NC(=O)CN1CCC(CNC(=O)c2cc(C(F)(F)F)cc(C(F)(F)F)c2)CC1. The molecule has 1 saturated heterocycles. The van der Waals surface area contributed by atoms with Gasteiger partial charge in [0.1, 0.15) is 5.54 Å². The zero-order chi connectivity index (χ0) is 25.0. The summed E-state index contributed by atoms with van der Waals surface area (Å²) < 4.78 is 77.8. The van der Waals surface area contributed by atoms with Crippen molar-refractivity contribution in [2.24, 2.45) is 5.92 Å². The molecule has 12 heteroatoms. The second-order valence-electron chi connectivity index (χ2n) is 8.51. The molecule has 2 N–H and O–H groups in total. The number of hydrogen-bond acceptors (Lipinski definition) is 4. The molecule has 0 unspecified atom stereocenters. The lowest BCUT2D eigenvalue weighted by molar-refractivity contribution is -0.143. The molecule has 2 rings (SSSR count). The molecule has 2 amide bonds. The molecule has 0 aromatic heterocycles. The van der Waals surface area contributed by atoms with Crippen molar-refractivity contribution < 1.29 is 35.9 Å². The molecular weight excluding hydrogens is 454 g/mol. The number of piperidine rings is 1. The second kappa shape index (κ2) is 9.99. The molecule has 0 radical (unpaired) electrons. The first-order valence-electron chi connectivity index (χ1n) is 10.1. The summed E-state index contributed by atoms with van der Waals surface area (Å²) in [6.45, 7) is 4.35. The van der Waals surface area contributed by atoms with Gasteiger partial charge in [0.15, 0.2) is 0 Å². The van der Waals surface area contributed by atoms with Gasteiger partial charge in [0.2, 0.25) is 5.91 Å². The standard InChI is InChI=1S/C21H24F6N4O2/c1-19(2,12-28)30-17(32)11-31-5-3-13(4-6-31)10-29-18(33)14-7-15(20(22,23)24)9-16(8-14)21(25,26)27/h7-9,13H,3-6,10-11H2,1-2H3,(H,29,33)(H,30,32). The summed E-state index contributed by atoms with van der Waals surface area (Å²) in [5.74, 6) is -1.37. The van der Waals surface area contributed by atoms with Crippen LogP contribution >= 0.6 is 0 Å². The second-order valence-corrected chi connectivity index (χ2v) is 8.51. The highest BCUT2D eigenvalue weighted by Crippen LogP contribution is 2.36. The Bertz CT molecular complexity index is 881. The van der Waals surface area contributed by atoms with Gasteiger partial charge in [-0.25, -0.2) is 0 Å². The number of likely N-dealkylation sites (tertiary alicyclic amines) is 1. The van der Waals surface area contributed by atoms with Gasteiger partial charge in [-0.05, 0) is 63.9 Å². The van der Waals surface area contributed by atoms with Crippen LogP contribution in [0.4, 0.5) is 26.3 Å². The summed E-state index contributed by atoms with van der Waals surface area (Å²) in [4.78, 5) is 26.2. The number of nitrogens with zero attached hydrogens (tertiary/aromatic N) is 2. The molecule has 0 aliphatic carbocycles. The highest BCUT2D eigenvalue weighted by atomic mass is 19.4. The van der Waals surface area contributed by atoms with Gasteiger partial charge in [-0.1, -0.05) is 0 Å². The van der Waals surface area contributed by atoms with Crippen LogP contribution in [0.3, 0.4) is 0 Å². The van der Waals surface area contributed by atoms with Gasteiger partial charge in [-0.15, -0.1) is 0 Å². The molecule has 1 aromatic carbocycles. The molecule has 1 heterocycles. The number of rotatable bonds is 6. The maximum absolute atomic E-state index is 13.0. The highest BCUT2D eigenvalue weighted by molar-refractivity contribution is 5.94. The third kappa shape index (κ3) is 7.92. The summed E-state index contributed by atoms with van der Waals surface area (Å²) in [7, 11) is 0. The Morgan fingerprint density at radius 3 is 2.00 bits per heavy atom. The van der Waals surface area contributed by atoms with E-state index in [0.717, 1.165) is 0 Å². The van der Waals surface area contributed by atoms with Gasteiger partial charge in [0.25, 0.3) is 5.91 Å². The van der Waals surface area contributed by atoms with E-state index in [-0.39, 0.29) is 31.0 Å². The zero-order valence-electron chi connectivity index (χ0n) is 18.0. The van der Waals surface area contributed by atoms with Crippen molar-refractivity contribution in [1.29, 1.82) is 5.26 Å². The lowest BCUT2D eigenvalue weighted by Gasteiger charge is -2.32. The molecule has 1 aromatic rings. The van der Waals surface area contributed by atoms with Crippen molar-refractivity contribution >= 4 is 11.8 Å². The number of carbonyl (C=O) groups excluding carboxylic acids is 2. The quantitative estimate of drug-likeness (QED) is 0.613. The van der Waals surface area contributed by atoms with Crippen molar-refractivity contribution in [2.75, 3.05) is 26.2 Å². The van der Waals surface area contributed by atoms with E-state index in [1.165, 1.54) is 0 Å². The maximum Gasteiger partial charge on any atom is 0.416 e. The summed E-state index contributed by atoms with van der Waals surface area (Å²) >= 11 is 0. The van der Waals surface area contributed by atoms with Gasteiger partial charge in [0, 0.05) is 12.1 Å². The Morgan fingerprint density at radius 1 is 1.03 bits per heavy atom. The zero-order valence-corrected chi connectivity index (χ0v) is 18.0. The van der Waals surface area contributed by atoms with Crippen LogP contribution < -0.4 is 10.6 Å². The number of nitrogens with one attached hydrogen (secondary N) is 2. The molecule has 0 atom stereocenters. The monoisotopic (exact) mass is 478 g/mol. The van der Waals surface area contributed by atoms with Crippen LogP contribution in [-0.4, -0.2) is 48.4 Å². The Kier molecular flexibility index (Phi) is 8.00. The van der Waals surface area contributed by atoms with Crippen molar-refractivity contribution in [3.8, 4) is 6.07 Å².